The van der Waals surface area contributed by atoms with Crippen molar-refractivity contribution in [3.05, 3.63) is 29.8 Å². The molecule has 0 radical (unpaired) electrons. The maximum Gasteiger partial charge on any atom is 0.123 e. The van der Waals surface area contributed by atoms with E-state index in [1.54, 1.807) is 0 Å². The van der Waals surface area contributed by atoms with Gasteiger partial charge in [0.2, 0.25) is 0 Å². The van der Waals surface area contributed by atoms with E-state index in [0.717, 1.165) is 5.75 Å². The summed E-state index contributed by atoms with van der Waals surface area (Å²) in [5.74, 6) is 1.77. The minimum atomic E-state index is 0.0517. The van der Waals surface area contributed by atoms with Crippen LogP contribution in [0.5, 0.6) is 5.75 Å². The second kappa shape index (κ2) is 3.51. The Morgan fingerprint density at radius 1 is 1.12 bits per heavy atom. The highest BCUT2D eigenvalue weighted by Crippen LogP contribution is 2.52. The normalized spacial score (nSPS) is 34.4. The van der Waals surface area contributed by atoms with Crippen molar-refractivity contribution in [2.24, 2.45) is 11.3 Å². The van der Waals surface area contributed by atoms with E-state index in [-0.39, 0.29) is 5.60 Å². The van der Waals surface area contributed by atoms with Crippen molar-refractivity contribution in [2.45, 2.75) is 52.1 Å². The smallest absolute Gasteiger partial charge is 0.123 e. The summed E-state index contributed by atoms with van der Waals surface area (Å²) >= 11 is 0. The van der Waals surface area contributed by atoms with Gasteiger partial charge < -0.3 is 4.74 Å². The molecule has 0 spiro atoms. The van der Waals surface area contributed by atoms with E-state index in [4.69, 9.17) is 4.74 Å². The van der Waals surface area contributed by atoms with E-state index in [1.165, 1.54) is 31.2 Å². The first-order valence-corrected chi connectivity index (χ1v) is 6.78. The Kier molecular flexibility index (Phi) is 2.30. The van der Waals surface area contributed by atoms with Crippen molar-refractivity contribution in [2.75, 3.05) is 0 Å². The van der Waals surface area contributed by atoms with Crippen LogP contribution >= 0.6 is 0 Å². The molecule has 0 unspecified atom stereocenters. The Labute approximate surface area is 104 Å². The Morgan fingerprint density at radius 2 is 1.88 bits per heavy atom. The number of fused-ring (bicyclic) bond motifs is 2. The van der Waals surface area contributed by atoms with Crippen molar-refractivity contribution in [3.63, 3.8) is 0 Å². The highest BCUT2D eigenvalue weighted by atomic mass is 16.5. The maximum absolute atomic E-state index is 6.36. The molecule has 1 aromatic rings. The van der Waals surface area contributed by atoms with E-state index < -0.39 is 0 Å². The molecule has 0 saturated heterocycles. The van der Waals surface area contributed by atoms with Crippen LogP contribution in [0.2, 0.25) is 0 Å². The Balaban J connectivity index is 2.03. The third-order valence-electron chi connectivity index (χ3n) is 4.91. The Morgan fingerprint density at radius 3 is 2.71 bits per heavy atom. The summed E-state index contributed by atoms with van der Waals surface area (Å²) in [5.41, 5.74) is 1.85. The van der Waals surface area contributed by atoms with Gasteiger partial charge in [-0.25, -0.2) is 0 Å². The number of ether oxygens (including phenoxy) is 1. The highest BCUT2D eigenvalue weighted by Gasteiger charge is 2.50. The number of para-hydroxylation sites is 1. The van der Waals surface area contributed by atoms with Crippen LogP contribution in [0.3, 0.4) is 0 Å². The van der Waals surface area contributed by atoms with Crippen LogP contribution in [0.15, 0.2) is 24.3 Å². The van der Waals surface area contributed by atoms with Crippen molar-refractivity contribution >= 4 is 0 Å². The Hall–Kier alpha value is -0.980. The molecule has 1 aliphatic carbocycles. The summed E-state index contributed by atoms with van der Waals surface area (Å²) in [5, 5.41) is 0. The molecule has 17 heavy (non-hydrogen) atoms. The lowest BCUT2D eigenvalue weighted by atomic mass is 9.59. The number of rotatable bonds is 0. The summed E-state index contributed by atoms with van der Waals surface area (Å²) in [7, 11) is 0. The van der Waals surface area contributed by atoms with Gasteiger partial charge in [-0.05, 0) is 49.7 Å². The van der Waals surface area contributed by atoms with E-state index in [0.29, 0.717) is 11.3 Å². The van der Waals surface area contributed by atoms with Crippen molar-refractivity contribution in [1.29, 1.82) is 0 Å². The van der Waals surface area contributed by atoms with Gasteiger partial charge in [0.25, 0.3) is 0 Å². The molecule has 92 valence electrons. The minimum Gasteiger partial charge on any atom is -0.487 e. The van der Waals surface area contributed by atoms with Crippen LogP contribution in [0.1, 0.15) is 45.6 Å². The van der Waals surface area contributed by atoms with E-state index in [9.17, 15) is 0 Å². The van der Waals surface area contributed by atoms with Gasteiger partial charge in [-0.1, -0.05) is 32.0 Å². The fourth-order valence-electron chi connectivity index (χ4n) is 3.93. The molecule has 2 atom stereocenters. The number of benzene rings is 1. The quantitative estimate of drug-likeness (QED) is 0.649. The lowest BCUT2D eigenvalue weighted by Gasteiger charge is -2.53. The van der Waals surface area contributed by atoms with Gasteiger partial charge >= 0.3 is 0 Å². The first-order chi connectivity index (χ1) is 8.01. The predicted octanol–water partition coefficient (Wildman–Crippen LogP) is 4.21. The molecule has 1 aromatic carbocycles. The lowest BCUT2D eigenvalue weighted by molar-refractivity contribution is -0.0815. The van der Waals surface area contributed by atoms with Crippen LogP contribution < -0.4 is 4.74 Å². The van der Waals surface area contributed by atoms with Gasteiger partial charge in [0.15, 0.2) is 0 Å². The minimum absolute atomic E-state index is 0.0517. The van der Waals surface area contributed by atoms with Gasteiger partial charge in [0.1, 0.15) is 11.4 Å². The molecule has 1 heterocycles. The summed E-state index contributed by atoms with van der Waals surface area (Å²) in [6.07, 6.45) is 5.01. The van der Waals surface area contributed by atoms with Gasteiger partial charge in [-0.3, -0.25) is 0 Å². The summed E-state index contributed by atoms with van der Waals surface area (Å²) in [4.78, 5) is 0. The van der Waals surface area contributed by atoms with Crippen LogP contribution in [-0.4, -0.2) is 5.60 Å². The molecule has 1 fully saturated rings. The average Bonchev–Trinajstić information content (AvgIpc) is 2.26. The zero-order valence-corrected chi connectivity index (χ0v) is 11.1. The molecule has 0 amide bonds. The van der Waals surface area contributed by atoms with E-state index in [2.05, 4.69) is 45.0 Å². The van der Waals surface area contributed by atoms with Crippen LogP contribution in [0.4, 0.5) is 0 Å². The second-order valence-electron chi connectivity index (χ2n) is 6.62. The van der Waals surface area contributed by atoms with Crippen LogP contribution in [0, 0.1) is 11.3 Å². The summed E-state index contributed by atoms with van der Waals surface area (Å²) in [6.45, 7) is 7.13. The molecule has 0 N–H and O–H groups in total. The SMILES string of the molecule is CC1(C)CCC[C@]2(C)Oc3ccccc3C[C@@H]12. The van der Waals surface area contributed by atoms with Crippen molar-refractivity contribution in [3.8, 4) is 5.75 Å². The predicted molar refractivity (Wildman–Crippen MR) is 70.3 cm³/mol. The van der Waals surface area contributed by atoms with Gasteiger partial charge in [0.05, 0.1) is 0 Å². The molecule has 3 rings (SSSR count). The zero-order valence-electron chi connectivity index (χ0n) is 11.1. The summed E-state index contributed by atoms with van der Waals surface area (Å²) < 4.78 is 6.36. The van der Waals surface area contributed by atoms with E-state index >= 15 is 0 Å². The lowest BCUT2D eigenvalue weighted by Crippen LogP contribution is -2.53. The zero-order chi connectivity index (χ0) is 12.1. The summed E-state index contributed by atoms with van der Waals surface area (Å²) in [6, 6.07) is 8.55. The molecule has 1 nitrogen and oxygen atoms in total. The number of hydrogen-bond acceptors (Lipinski definition) is 1. The molecule has 0 aromatic heterocycles. The fraction of sp³-hybridized carbons (Fsp3) is 0.625. The molecular weight excluding hydrogens is 208 g/mol. The van der Waals surface area contributed by atoms with Crippen molar-refractivity contribution < 1.29 is 4.74 Å². The van der Waals surface area contributed by atoms with Crippen LogP contribution in [-0.2, 0) is 6.42 Å². The van der Waals surface area contributed by atoms with Crippen LogP contribution in [0.25, 0.3) is 0 Å². The molecule has 1 saturated carbocycles. The van der Waals surface area contributed by atoms with Gasteiger partial charge in [-0.15, -0.1) is 0 Å². The first kappa shape index (κ1) is 11.1. The number of hydrogen-bond donors (Lipinski definition) is 0. The molecular formula is C16H22O. The fourth-order valence-corrected chi connectivity index (χ4v) is 3.93. The highest BCUT2D eigenvalue weighted by molar-refractivity contribution is 5.37. The van der Waals surface area contributed by atoms with Crippen molar-refractivity contribution in [1.82, 2.24) is 0 Å². The molecule has 1 heteroatoms. The maximum atomic E-state index is 6.36. The molecule has 1 aliphatic heterocycles. The van der Waals surface area contributed by atoms with Gasteiger partial charge in [0, 0.05) is 5.92 Å². The molecule has 0 bridgehead atoms. The monoisotopic (exact) mass is 230 g/mol. The third kappa shape index (κ3) is 1.67. The standard InChI is InChI=1S/C16H22O/c1-15(2)9-6-10-16(3)14(15)11-12-7-4-5-8-13(12)17-16/h4-5,7-8,14H,6,9-11H2,1-3H3/t14-,16-/m0/s1. The second-order valence-corrected chi connectivity index (χ2v) is 6.62. The van der Waals surface area contributed by atoms with E-state index in [1.807, 2.05) is 0 Å². The third-order valence-corrected chi connectivity index (χ3v) is 4.91. The molecule has 2 aliphatic rings. The Bertz CT molecular complexity index is 435. The average molecular weight is 230 g/mol. The topological polar surface area (TPSA) is 9.23 Å². The largest absolute Gasteiger partial charge is 0.487 e. The van der Waals surface area contributed by atoms with Gasteiger partial charge in [-0.2, -0.15) is 0 Å². The first-order valence-electron chi connectivity index (χ1n) is 6.78.